The Bertz CT molecular complexity index is 3600. The molecule has 0 atom stereocenters. The molecule has 0 spiro atoms. The Hall–Kier alpha value is -8.20. The van der Waals surface area contributed by atoms with Crippen LogP contribution in [0.4, 0.5) is 17.1 Å². The summed E-state index contributed by atoms with van der Waals surface area (Å²) in [7, 11) is 0. The monoisotopic (exact) mass is 843 g/mol. The van der Waals surface area contributed by atoms with Crippen LogP contribution in [-0.4, -0.2) is 0 Å². The third kappa shape index (κ3) is 5.55. The number of benzene rings is 10. The van der Waals surface area contributed by atoms with E-state index in [1.807, 2.05) is 0 Å². The Balaban J connectivity index is 0.989. The molecule has 66 heavy (non-hydrogen) atoms. The lowest BCUT2D eigenvalue weighted by atomic mass is 9.68. The predicted molar refractivity (Wildman–Crippen MR) is 274 cm³/mol. The van der Waals surface area contributed by atoms with Crippen LogP contribution in [0.5, 0.6) is 0 Å². The first kappa shape index (κ1) is 38.3. The summed E-state index contributed by atoms with van der Waals surface area (Å²) < 4.78 is 7.41. The van der Waals surface area contributed by atoms with Gasteiger partial charge < -0.3 is 9.32 Å². The predicted octanol–water partition coefficient (Wildman–Crippen LogP) is 17.1. The number of nitrogens with zero attached hydrogens (tertiary/aromatic N) is 1. The number of hydrogen-bond acceptors (Lipinski definition) is 2. The third-order valence-corrected chi connectivity index (χ3v) is 14.6. The molecule has 0 saturated heterocycles. The highest BCUT2D eigenvalue weighted by Crippen LogP contribution is 2.59. The molecule has 0 bridgehead atoms. The molecule has 11 aromatic rings. The van der Waals surface area contributed by atoms with Crippen LogP contribution in [0.3, 0.4) is 0 Å². The molecule has 2 aliphatic carbocycles. The zero-order valence-corrected chi connectivity index (χ0v) is 36.9. The van der Waals surface area contributed by atoms with E-state index in [0.717, 1.165) is 44.6 Å². The second-order valence-electron chi connectivity index (χ2n) is 18.4. The summed E-state index contributed by atoms with van der Waals surface area (Å²) >= 11 is 0. The van der Waals surface area contributed by atoms with E-state index < -0.39 is 5.41 Å². The van der Waals surface area contributed by atoms with Crippen molar-refractivity contribution in [3.05, 3.63) is 270 Å². The normalized spacial score (nSPS) is 13.8. The van der Waals surface area contributed by atoms with Gasteiger partial charge in [0.2, 0.25) is 0 Å². The number of anilines is 3. The molecule has 0 unspecified atom stereocenters. The van der Waals surface area contributed by atoms with Gasteiger partial charge in [-0.2, -0.15) is 0 Å². The fourth-order valence-electron chi connectivity index (χ4n) is 11.5. The molecule has 1 heterocycles. The lowest BCUT2D eigenvalue weighted by molar-refractivity contribution is 0.660. The van der Waals surface area contributed by atoms with E-state index in [9.17, 15) is 0 Å². The van der Waals surface area contributed by atoms with Crippen molar-refractivity contribution in [2.45, 2.75) is 24.7 Å². The lowest BCUT2D eigenvalue weighted by Crippen LogP contribution is -2.28. The maximum atomic E-state index is 7.41. The van der Waals surface area contributed by atoms with Crippen molar-refractivity contribution < 1.29 is 4.42 Å². The van der Waals surface area contributed by atoms with E-state index in [0.29, 0.717) is 0 Å². The molecule has 10 aromatic carbocycles. The SMILES string of the molecule is CC1(C)c2ccccc2-c2ccc(-c3ccc(N(c4ccc(-c5ccccc5)cc4)c4cccc5c4oc4c6c(ccc45)C(c4ccccc4)(c4ccccc4)c4ccccc4-6)cc3)cc21. The minimum atomic E-state index is -0.517. The van der Waals surface area contributed by atoms with Crippen LogP contribution in [0.2, 0.25) is 0 Å². The van der Waals surface area contributed by atoms with Gasteiger partial charge in [-0.15, -0.1) is 0 Å². The van der Waals surface area contributed by atoms with Crippen LogP contribution in [0.15, 0.2) is 241 Å². The standard InChI is InChI=1S/C64H45NO/c1-63(2)55-26-14-12-23-50(55)51-38-33-45(41-58(51)63)44-31-36-49(37-32-44)65(48-34-29-43(30-35-48)42-17-6-3-7-18-42)59-28-16-25-52-53-39-40-57-60(62(53)66-61(52)59)54-24-13-15-27-56(54)64(57,46-19-8-4-9-20-46)47-21-10-5-11-22-47/h3-41H,1-2H3. The van der Waals surface area contributed by atoms with Crippen LogP contribution in [0.25, 0.3) is 66.4 Å². The van der Waals surface area contributed by atoms with Crippen molar-refractivity contribution in [3.8, 4) is 44.5 Å². The van der Waals surface area contributed by atoms with E-state index in [1.54, 1.807) is 0 Å². The Morgan fingerprint density at radius 1 is 0.348 bits per heavy atom. The molecule has 0 aliphatic heterocycles. The molecule has 0 amide bonds. The minimum Gasteiger partial charge on any atom is -0.453 e. The highest BCUT2D eigenvalue weighted by molar-refractivity contribution is 6.15. The maximum absolute atomic E-state index is 7.41. The van der Waals surface area contributed by atoms with Gasteiger partial charge in [-0.05, 0) is 109 Å². The van der Waals surface area contributed by atoms with Gasteiger partial charge in [-0.3, -0.25) is 0 Å². The van der Waals surface area contributed by atoms with Crippen molar-refractivity contribution in [1.82, 2.24) is 0 Å². The summed E-state index contributed by atoms with van der Waals surface area (Å²) in [5.41, 5.74) is 21.8. The quantitative estimate of drug-likeness (QED) is 0.159. The number of fused-ring (bicyclic) bond motifs is 10. The molecule has 0 radical (unpaired) electrons. The molecule has 13 rings (SSSR count). The first-order valence-corrected chi connectivity index (χ1v) is 23.0. The highest BCUT2D eigenvalue weighted by atomic mass is 16.3. The van der Waals surface area contributed by atoms with Gasteiger partial charge in [0.15, 0.2) is 5.58 Å². The van der Waals surface area contributed by atoms with Gasteiger partial charge in [0, 0.05) is 33.1 Å². The Morgan fingerprint density at radius 3 is 1.53 bits per heavy atom. The molecular formula is C64H45NO. The van der Waals surface area contributed by atoms with Gasteiger partial charge >= 0.3 is 0 Å². The first-order chi connectivity index (χ1) is 32.5. The van der Waals surface area contributed by atoms with Crippen LogP contribution in [0, 0.1) is 0 Å². The fraction of sp³-hybridized carbons (Fsp3) is 0.0625. The van der Waals surface area contributed by atoms with E-state index >= 15 is 0 Å². The Kier molecular flexibility index (Phi) is 8.51. The number of rotatable bonds is 7. The topological polar surface area (TPSA) is 16.4 Å². The van der Waals surface area contributed by atoms with Crippen LogP contribution in [0.1, 0.15) is 47.2 Å². The lowest BCUT2D eigenvalue weighted by Gasteiger charge is -2.33. The number of furan rings is 1. The van der Waals surface area contributed by atoms with Crippen molar-refractivity contribution >= 4 is 39.0 Å². The average Bonchev–Trinajstić information content (AvgIpc) is 3.99. The zero-order valence-electron chi connectivity index (χ0n) is 36.9. The summed E-state index contributed by atoms with van der Waals surface area (Å²) in [6.07, 6.45) is 0. The molecular weight excluding hydrogens is 799 g/mol. The number of para-hydroxylation sites is 1. The van der Waals surface area contributed by atoms with E-state index in [4.69, 9.17) is 4.42 Å². The van der Waals surface area contributed by atoms with Crippen molar-refractivity contribution in [2.75, 3.05) is 4.90 Å². The summed E-state index contributed by atoms with van der Waals surface area (Å²) in [5, 5.41) is 2.19. The summed E-state index contributed by atoms with van der Waals surface area (Å²) in [6.45, 7) is 4.69. The summed E-state index contributed by atoms with van der Waals surface area (Å²) in [6, 6.07) is 86.5. The molecule has 2 nitrogen and oxygen atoms in total. The number of hydrogen-bond donors (Lipinski definition) is 0. The first-order valence-electron chi connectivity index (χ1n) is 23.0. The maximum Gasteiger partial charge on any atom is 0.159 e. The van der Waals surface area contributed by atoms with Crippen LogP contribution >= 0.6 is 0 Å². The molecule has 312 valence electrons. The average molecular weight is 844 g/mol. The van der Waals surface area contributed by atoms with Gasteiger partial charge in [0.25, 0.3) is 0 Å². The fourth-order valence-corrected chi connectivity index (χ4v) is 11.5. The van der Waals surface area contributed by atoms with E-state index in [1.165, 1.54) is 72.3 Å². The summed E-state index contributed by atoms with van der Waals surface area (Å²) in [5.74, 6) is 0. The van der Waals surface area contributed by atoms with E-state index in [2.05, 4.69) is 255 Å². The molecule has 2 aliphatic rings. The molecule has 0 fully saturated rings. The van der Waals surface area contributed by atoms with Crippen LogP contribution in [-0.2, 0) is 10.8 Å². The molecule has 0 saturated carbocycles. The minimum absolute atomic E-state index is 0.0668. The Labute approximate surface area is 385 Å². The molecule has 0 N–H and O–H groups in total. The van der Waals surface area contributed by atoms with Crippen molar-refractivity contribution in [2.24, 2.45) is 0 Å². The smallest absolute Gasteiger partial charge is 0.159 e. The van der Waals surface area contributed by atoms with E-state index in [-0.39, 0.29) is 5.41 Å². The second-order valence-corrected chi connectivity index (χ2v) is 18.4. The molecule has 2 heteroatoms. The van der Waals surface area contributed by atoms with Gasteiger partial charge in [-0.1, -0.05) is 214 Å². The van der Waals surface area contributed by atoms with Crippen molar-refractivity contribution in [1.29, 1.82) is 0 Å². The molecule has 1 aromatic heterocycles. The van der Waals surface area contributed by atoms with Gasteiger partial charge in [0.1, 0.15) is 5.58 Å². The second kappa shape index (κ2) is 14.7. The third-order valence-electron chi connectivity index (χ3n) is 14.6. The largest absolute Gasteiger partial charge is 0.453 e. The van der Waals surface area contributed by atoms with Gasteiger partial charge in [0.05, 0.1) is 11.1 Å². The zero-order chi connectivity index (χ0) is 44.0. The Morgan fingerprint density at radius 2 is 0.864 bits per heavy atom. The van der Waals surface area contributed by atoms with Gasteiger partial charge in [-0.25, -0.2) is 0 Å². The van der Waals surface area contributed by atoms with Crippen molar-refractivity contribution in [3.63, 3.8) is 0 Å². The summed E-state index contributed by atoms with van der Waals surface area (Å²) in [4.78, 5) is 2.36. The van der Waals surface area contributed by atoms with Crippen LogP contribution < -0.4 is 4.90 Å². The highest BCUT2D eigenvalue weighted by Gasteiger charge is 2.47.